The Balaban J connectivity index is 2.87. The molecule has 0 atom stereocenters. The first kappa shape index (κ1) is 8.90. The summed E-state index contributed by atoms with van der Waals surface area (Å²) in [6, 6.07) is 2.79. The summed E-state index contributed by atoms with van der Waals surface area (Å²) in [5, 5.41) is 18.6. The number of aromatic hydroxyl groups is 1. The number of rotatable bonds is 1. The third-order valence-electron chi connectivity index (χ3n) is 1.90. The summed E-state index contributed by atoms with van der Waals surface area (Å²) < 4.78 is 4.99. The maximum atomic E-state index is 10.7. The van der Waals surface area contributed by atoms with E-state index in [1.54, 1.807) is 6.07 Å². The van der Waals surface area contributed by atoms with Crippen LogP contribution in [0.1, 0.15) is 10.4 Å². The predicted molar refractivity (Wildman–Crippen MR) is 49.8 cm³/mol. The summed E-state index contributed by atoms with van der Waals surface area (Å²) in [4.78, 5) is 10.7. The zero-order chi connectivity index (χ0) is 10.3. The Morgan fingerprint density at radius 2 is 2.21 bits per heavy atom. The van der Waals surface area contributed by atoms with Crippen LogP contribution in [0, 0.1) is 0 Å². The number of hydrogen-bond acceptors (Lipinski definition) is 3. The van der Waals surface area contributed by atoms with Gasteiger partial charge in [0.2, 0.25) is 0 Å². The van der Waals surface area contributed by atoms with E-state index in [0.29, 0.717) is 11.0 Å². The maximum Gasteiger partial charge on any atom is 0.339 e. The van der Waals surface area contributed by atoms with E-state index < -0.39 is 11.7 Å². The summed E-state index contributed by atoms with van der Waals surface area (Å²) in [7, 11) is 0. The lowest BCUT2D eigenvalue weighted by molar-refractivity contribution is 0.0694. The van der Waals surface area contributed by atoms with Crippen LogP contribution in [0.5, 0.6) is 5.75 Å². The molecule has 0 amide bonds. The highest BCUT2D eigenvalue weighted by Crippen LogP contribution is 2.35. The molecule has 4 nitrogen and oxygen atoms in total. The van der Waals surface area contributed by atoms with E-state index >= 15 is 0 Å². The van der Waals surface area contributed by atoms with Gasteiger partial charge in [0.05, 0.1) is 11.3 Å². The maximum absolute atomic E-state index is 10.7. The fourth-order valence-corrected chi connectivity index (χ4v) is 1.48. The molecule has 0 saturated carbocycles. The van der Waals surface area contributed by atoms with Crippen molar-refractivity contribution in [2.24, 2.45) is 0 Å². The molecular weight excluding hydrogens is 208 g/mol. The Kier molecular flexibility index (Phi) is 1.86. The summed E-state index contributed by atoms with van der Waals surface area (Å²) in [5.41, 5.74) is 0.0719. The van der Waals surface area contributed by atoms with Crippen molar-refractivity contribution < 1.29 is 19.4 Å². The number of carboxylic acid groups (broad SMARTS) is 1. The van der Waals surface area contributed by atoms with Crippen LogP contribution >= 0.6 is 11.6 Å². The van der Waals surface area contributed by atoms with Crippen molar-refractivity contribution in [3.05, 3.63) is 29.0 Å². The first-order valence-corrected chi connectivity index (χ1v) is 4.11. The van der Waals surface area contributed by atoms with Gasteiger partial charge in [0.15, 0.2) is 0 Å². The third kappa shape index (κ3) is 1.12. The first-order valence-electron chi connectivity index (χ1n) is 3.73. The molecule has 2 aromatic rings. The Morgan fingerprint density at radius 3 is 2.86 bits per heavy atom. The number of halogens is 1. The molecule has 0 saturated heterocycles. The number of carboxylic acids is 1. The second-order valence-electron chi connectivity index (χ2n) is 2.72. The van der Waals surface area contributed by atoms with Crippen LogP contribution in [0.15, 0.2) is 22.8 Å². The van der Waals surface area contributed by atoms with Crippen LogP contribution < -0.4 is 0 Å². The number of benzene rings is 1. The Bertz CT molecular complexity index is 515. The van der Waals surface area contributed by atoms with Gasteiger partial charge in [-0.15, -0.1) is 0 Å². The number of carbonyl (C=O) groups is 1. The lowest BCUT2D eigenvalue weighted by atomic mass is 10.1. The molecule has 2 N–H and O–H groups in total. The molecule has 1 heterocycles. The first-order chi connectivity index (χ1) is 6.61. The molecule has 0 aliphatic rings. The van der Waals surface area contributed by atoms with Crippen LogP contribution in [0.2, 0.25) is 5.02 Å². The van der Waals surface area contributed by atoms with Crippen molar-refractivity contribution in [1.82, 2.24) is 0 Å². The number of hydrogen-bond donors (Lipinski definition) is 2. The summed E-state index contributed by atoms with van der Waals surface area (Å²) in [6.07, 6.45) is 1.38. The molecule has 0 unspecified atom stereocenters. The van der Waals surface area contributed by atoms with Crippen molar-refractivity contribution in [2.45, 2.75) is 0 Å². The fraction of sp³-hybridized carbons (Fsp3) is 0. The average molecular weight is 213 g/mol. The van der Waals surface area contributed by atoms with Crippen LogP contribution in [-0.2, 0) is 0 Å². The van der Waals surface area contributed by atoms with Gasteiger partial charge in [-0.1, -0.05) is 11.6 Å². The van der Waals surface area contributed by atoms with Gasteiger partial charge in [-0.05, 0) is 12.1 Å². The summed E-state index contributed by atoms with van der Waals surface area (Å²) >= 11 is 5.74. The highest BCUT2D eigenvalue weighted by molar-refractivity contribution is 6.37. The standard InChI is InChI=1S/C9H5ClO4/c10-7-4-1-2-14-6(4)3-5(8(7)11)9(12)13/h1-3,11H,(H,12,13). The van der Waals surface area contributed by atoms with Crippen LogP contribution in [0.3, 0.4) is 0 Å². The summed E-state index contributed by atoms with van der Waals surface area (Å²) in [5.74, 6) is -1.68. The molecule has 5 heteroatoms. The number of furan rings is 1. The minimum atomic E-state index is -1.25. The zero-order valence-corrected chi connectivity index (χ0v) is 7.58. The van der Waals surface area contributed by atoms with E-state index in [2.05, 4.69) is 0 Å². The second-order valence-corrected chi connectivity index (χ2v) is 3.10. The lowest BCUT2D eigenvalue weighted by Gasteiger charge is -2.01. The van der Waals surface area contributed by atoms with Gasteiger partial charge < -0.3 is 14.6 Å². The molecule has 2 rings (SSSR count). The summed E-state index contributed by atoms with van der Waals surface area (Å²) in [6.45, 7) is 0. The lowest BCUT2D eigenvalue weighted by Crippen LogP contribution is -1.96. The van der Waals surface area contributed by atoms with Crippen molar-refractivity contribution >= 4 is 28.5 Å². The van der Waals surface area contributed by atoms with Gasteiger partial charge in [-0.25, -0.2) is 4.79 Å². The van der Waals surface area contributed by atoms with E-state index in [1.807, 2.05) is 0 Å². The molecule has 0 aliphatic heterocycles. The monoisotopic (exact) mass is 212 g/mol. The smallest absolute Gasteiger partial charge is 0.339 e. The van der Waals surface area contributed by atoms with Crippen molar-refractivity contribution in [3.63, 3.8) is 0 Å². The molecule has 0 fully saturated rings. The van der Waals surface area contributed by atoms with E-state index in [1.165, 1.54) is 12.3 Å². The van der Waals surface area contributed by atoms with E-state index in [4.69, 9.17) is 21.1 Å². The van der Waals surface area contributed by atoms with Crippen LogP contribution in [0.4, 0.5) is 0 Å². The topological polar surface area (TPSA) is 70.7 Å². The largest absolute Gasteiger partial charge is 0.505 e. The number of phenols is 1. The van der Waals surface area contributed by atoms with Gasteiger partial charge in [0, 0.05) is 5.39 Å². The minimum Gasteiger partial charge on any atom is -0.505 e. The Morgan fingerprint density at radius 1 is 1.50 bits per heavy atom. The Labute approximate surface area is 83.3 Å². The van der Waals surface area contributed by atoms with E-state index in [9.17, 15) is 9.90 Å². The fourth-order valence-electron chi connectivity index (χ4n) is 1.22. The van der Waals surface area contributed by atoms with Crippen molar-refractivity contribution in [1.29, 1.82) is 0 Å². The Hall–Kier alpha value is -1.68. The predicted octanol–water partition coefficient (Wildman–Crippen LogP) is 2.49. The van der Waals surface area contributed by atoms with Gasteiger partial charge in [-0.3, -0.25) is 0 Å². The van der Waals surface area contributed by atoms with E-state index in [0.717, 1.165) is 0 Å². The molecule has 0 radical (unpaired) electrons. The molecule has 0 bridgehead atoms. The van der Waals surface area contributed by atoms with Gasteiger partial charge in [-0.2, -0.15) is 0 Å². The average Bonchev–Trinajstić information content (AvgIpc) is 2.58. The third-order valence-corrected chi connectivity index (χ3v) is 2.28. The molecule has 72 valence electrons. The molecule has 0 spiro atoms. The zero-order valence-electron chi connectivity index (χ0n) is 6.82. The van der Waals surface area contributed by atoms with Crippen LogP contribution in [-0.4, -0.2) is 16.2 Å². The normalized spacial score (nSPS) is 10.6. The van der Waals surface area contributed by atoms with Gasteiger partial charge >= 0.3 is 5.97 Å². The molecule has 0 aliphatic carbocycles. The number of fused-ring (bicyclic) bond motifs is 1. The highest BCUT2D eigenvalue weighted by Gasteiger charge is 2.17. The van der Waals surface area contributed by atoms with Crippen molar-refractivity contribution in [3.8, 4) is 5.75 Å². The van der Waals surface area contributed by atoms with Gasteiger partial charge in [0.25, 0.3) is 0 Å². The van der Waals surface area contributed by atoms with Gasteiger partial charge in [0.1, 0.15) is 16.9 Å². The SMILES string of the molecule is O=C(O)c1cc2occc2c(Cl)c1O. The van der Waals surface area contributed by atoms with Crippen LogP contribution in [0.25, 0.3) is 11.0 Å². The molecule has 1 aromatic heterocycles. The van der Waals surface area contributed by atoms with Crippen molar-refractivity contribution in [2.75, 3.05) is 0 Å². The van der Waals surface area contributed by atoms with E-state index in [-0.39, 0.29) is 10.6 Å². The minimum absolute atomic E-state index is 0.00588. The second kappa shape index (κ2) is 2.92. The molecule has 1 aromatic carbocycles. The highest BCUT2D eigenvalue weighted by atomic mass is 35.5. The number of aromatic carboxylic acids is 1. The quantitative estimate of drug-likeness (QED) is 0.762. The molecular formula is C9H5ClO4. The molecule has 14 heavy (non-hydrogen) atoms.